The molecule has 1 aromatic rings. The number of rotatable bonds is 5. The molecule has 0 heterocycles. The van der Waals surface area contributed by atoms with Crippen LogP contribution in [0, 0.1) is 17.7 Å². The predicted molar refractivity (Wildman–Crippen MR) is 68.8 cm³/mol. The molecule has 0 aromatic heterocycles. The molecule has 1 rings (SSSR count). The first-order valence-corrected chi connectivity index (χ1v) is 6.05. The Morgan fingerprint density at radius 3 is 2.21 bits per heavy atom. The Balaban J connectivity index is 2.67. The predicted octanol–water partition coefficient (Wildman–Crippen LogP) is 2.14. The van der Waals surface area contributed by atoms with Crippen LogP contribution in [0.1, 0.15) is 19.4 Å². The van der Waals surface area contributed by atoms with E-state index in [0.717, 1.165) is 5.56 Å². The topological polar surface area (TPSA) is 57.6 Å². The summed E-state index contributed by atoms with van der Waals surface area (Å²) in [7, 11) is 1.61. The van der Waals surface area contributed by atoms with Gasteiger partial charge in [-0.05, 0) is 17.7 Å². The Kier molecular flexibility index (Phi) is 5.03. The summed E-state index contributed by atoms with van der Waals surface area (Å²) >= 11 is 0. The molecule has 0 radical (unpaired) electrons. The number of benzene rings is 1. The van der Waals surface area contributed by atoms with E-state index in [9.17, 15) is 14.0 Å². The minimum Gasteiger partial charge on any atom is -0.481 e. The Morgan fingerprint density at radius 2 is 1.74 bits per heavy atom. The summed E-state index contributed by atoms with van der Waals surface area (Å²) in [4.78, 5) is 24.4. The van der Waals surface area contributed by atoms with E-state index in [1.807, 2.05) is 0 Å². The van der Waals surface area contributed by atoms with Gasteiger partial charge in [-0.1, -0.05) is 26.0 Å². The molecule has 0 aliphatic carbocycles. The van der Waals surface area contributed by atoms with Crippen molar-refractivity contribution >= 4 is 11.9 Å². The van der Waals surface area contributed by atoms with Crippen molar-refractivity contribution in [1.29, 1.82) is 0 Å². The number of carboxylic acids is 1. The monoisotopic (exact) mass is 267 g/mol. The lowest BCUT2D eigenvalue weighted by molar-refractivity contribution is -0.148. The van der Waals surface area contributed by atoms with Crippen LogP contribution >= 0.6 is 0 Å². The third kappa shape index (κ3) is 4.05. The average Bonchev–Trinajstić information content (AvgIpc) is 2.38. The van der Waals surface area contributed by atoms with Crippen LogP contribution in [0.5, 0.6) is 0 Å². The van der Waals surface area contributed by atoms with Gasteiger partial charge in [-0.25, -0.2) is 4.39 Å². The van der Waals surface area contributed by atoms with Crippen molar-refractivity contribution in [3.05, 3.63) is 35.6 Å². The molecule has 0 bridgehead atoms. The molecule has 2 unspecified atom stereocenters. The molecule has 0 spiro atoms. The second-order valence-electron chi connectivity index (χ2n) is 4.74. The van der Waals surface area contributed by atoms with Crippen LogP contribution in [0.3, 0.4) is 0 Å². The van der Waals surface area contributed by atoms with Crippen LogP contribution in [-0.4, -0.2) is 28.9 Å². The molecular formula is C14H18FNO3. The highest BCUT2D eigenvalue weighted by Gasteiger charge is 2.27. The van der Waals surface area contributed by atoms with Crippen molar-refractivity contribution in [1.82, 2.24) is 4.90 Å². The van der Waals surface area contributed by atoms with Gasteiger partial charge in [0.1, 0.15) is 5.82 Å². The zero-order valence-corrected chi connectivity index (χ0v) is 11.3. The molecule has 1 amide bonds. The standard InChI is InChI=1S/C14H18FNO3/c1-9(10(2)14(18)19)13(17)16(3)8-11-4-6-12(15)7-5-11/h4-7,9-10H,8H2,1-3H3,(H,18,19). The minimum atomic E-state index is -0.990. The van der Waals surface area contributed by atoms with E-state index in [-0.39, 0.29) is 11.7 Å². The smallest absolute Gasteiger partial charge is 0.307 e. The highest BCUT2D eigenvalue weighted by Crippen LogP contribution is 2.15. The van der Waals surface area contributed by atoms with Crippen molar-refractivity contribution in [2.45, 2.75) is 20.4 Å². The summed E-state index contributed by atoms with van der Waals surface area (Å²) in [5.41, 5.74) is 0.799. The van der Waals surface area contributed by atoms with E-state index in [0.29, 0.717) is 6.54 Å². The Bertz CT molecular complexity index is 458. The molecule has 104 valence electrons. The van der Waals surface area contributed by atoms with Gasteiger partial charge in [-0.3, -0.25) is 9.59 Å². The van der Waals surface area contributed by atoms with E-state index < -0.39 is 17.8 Å². The summed E-state index contributed by atoms with van der Waals surface area (Å²) in [5, 5.41) is 8.89. The molecule has 0 saturated carbocycles. The maximum Gasteiger partial charge on any atom is 0.307 e. The molecule has 5 heteroatoms. The number of carboxylic acid groups (broad SMARTS) is 1. The first kappa shape index (κ1) is 15.1. The normalized spacial score (nSPS) is 13.7. The van der Waals surface area contributed by atoms with Crippen LogP contribution in [0.2, 0.25) is 0 Å². The lowest BCUT2D eigenvalue weighted by Crippen LogP contribution is -2.36. The van der Waals surface area contributed by atoms with Crippen LogP contribution < -0.4 is 0 Å². The maximum absolute atomic E-state index is 12.8. The van der Waals surface area contributed by atoms with E-state index in [4.69, 9.17) is 5.11 Å². The fraction of sp³-hybridized carbons (Fsp3) is 0.429. The zero-order valence-electron chi connectivity index (χ0n) is 11.3. The van der Waals surface area contributed by atoms with Gasteiger partial charge in [-0.15, -0.1) is 0 Å². The number of hydrogen-bond acceptors (Lipinski definition) is 2. The molecule has 1 aromatic carbocycles. The fourth-order valence-electron chi connectivity index (χ4n) is 1.72. The van der Waals surface area contributed by atoms with Gasteiger partial charge in [0.25, 0.3) is 0 Å². The van der Waals surface area contributed by atoms with E-state index >= 15 is 0 Å². The van der Waals surface area contributed by atoms with Crippen molar-refractivity contribution in [2.75, 3.05) is 7.05 Å². The number of nitrogens with zero attached hydrogens (tertiary/aromatic N) is 1. The third-order valence-electron chi connectivity index (χ3n) is 3.24. The second kappa shape index (κ2) is 6.31. The molecule has 0 aliphatic heterocycles. The molecule has 4 nitrogen and oxygen atoms in total. The van der Waals surface area contributed by atoms with Gasteiger partial charge >= 0.3 is 5.97 Å². The Hall–Kier alpha value is -1.91. The lowest BCUT2D eigenvalue weighted by Gasteiger charge is -2.23. The number of aliphatic carboxylic acids is 1. The van der Waals surface area contributed by atoms with Gasteiger partial charge < -0.3 is 10.0 Å². The molecular weight excluding hydrogens is 249 g/mol. The lowest BCUT2D eigenvalue weighted by atomic mass is 9.95. The number of halogens is 1. The van der Waals surface area contributed by atoms with Crippen LogP contribution in [-0.2, 0) is 16.1 Å². The van der Waals surface area contributed by atoms with Crippen molar-refractivity contribution in [2.24, 2.45) is 11.8 Å². The summed E-state index contributed by atoms with van der Waals surface area (Å²) < 4.78 is 12.8. The number of hydrogen-bond donors (Lipinski definition) is 1. The highest BCUT2D eigenvalue weighted by atomic mass is 19.1. The first-order valence-electron chi connectivity index (χ1n) is 6.05. The first-order chi connectivity index (χ1) is 8.82. The van der Waals surface area contributed by atoms with Crippen LogP contribution in [0.25, 0.3) is 0 Å². The van der Waals surface area contributed by atoms with Gasteiger partial charge in [0.05, 0.1) is 5.92 Å². The second-order valence-corrected chi connectivity index (χ2v) is 4.74. The zero-order chi connectivity index (χ0) is 14.6. The van der Waals surface area contributed by atoms with Crippen LogP contribution in [0.15, 0.2) is 24.3 Å². The van der Waals surface area contributed by atoms with Gasteiger partial charge in [0.15, 0.2) is 0 Å². The fourth-order valence-corrected chi connectivity index (χ4v) is 1.72. The van der Waals surface area contributed by atoms with E-state index in [1.54, 1.807) is 26.1 Å². The minimum absolute atomic E-state index is 0.237. The summed E-state index contributed by atoms with van der Waals surface area (Å²) in [6.45, 7) is 3.44. The molecule has 2 atom stereocenters. The van der Waals surface area contributed by atoms with Gasteiger partial charge in [-0.2, -0.15) is 0 Å². The quantitative estimate of drug-likeness (QED) is 0.889. The Morgan fingerprint density at radius 1 is 1.21 bits per heavy atom. The van der Waals surface area contributed by atoms with Gasteiger partial charge in [0, 0.05) is 19.5 Å². The van der Waals surface area contributed by atoms with E-state index in [1.165, 1.54) is 24.0 Å². The number of carbonyl (C=O) groups excluding carboxylic acids is 1. The number of amides is 1. The van der Waals surface area contributed by atoms with Crippen molar-refractivity contribution in [3.63, 3.8) is 0 Å². The molecule has 1 N–H and O–H groups in total. The molecule has 0 fully saturated rings. The van der Waals surface area contributed by atoms with Crippen molar-refractivity contribution in [3.8, 4) is 0 Å². The molecule has 19 heavy (non-hydrogen) atoms. The van der Waals surface area contributed by atoms with E-state index in [2.05, 4.69) is 0 Å². The number of carbonyl (C=O) groups is 2. The van der Waals surface area contributed by atoms with Crippen LogP contribution in [0.4, 0.5) is 4.39 Å². The summed E-state index contributed by atoms with van der Waals surface area (Å²) in [5.74, 6) is -2.88. The largest absolute Gasteiger partial charge is 0.481 e. The Labute approximate surface area is 111 Å². The third-order valence-corrected chi connectivity index (χ3v) is 3.24. The summed E-state index contributed by atoms with van der Waals surface area (Å²) in [6, 6.07) is 5.86. The maximum atomic E-state index is 12.8. The van der Waals surface area contributed by atoms with Gasteiger partial charge in [0.2, 0.25) is 5.91 Å². The average molecular weight is 267 g/mol. The highest BCUT2D eigenvalue weighted by molar-refractivity contribution is 5.84. The van der Waals surface area contributed by atoms with Crippen molar-refractivity contribution < 1.29 is 19.1 Å². The summed E-state index contributed by atoms with van der Waals surface area (Å²) in [6.07, 6.45) is 0. The molecule has 0 aliphatic rings. The molecule has 0 saturated heterocycles. The SMILES string of the molecule is CC(C(=O)O)C(C)C(=O)N(C)Cc1ccc(F)cc1.